The molecular weight excluding hydrogens is 254 g/mol. The van der Waals surface area contributed by atoms with Crippen molar-refractivity contribution in [1.29, 1.82) is 0 Å². The van der Waals surface area contributed by atoms with Crippen LogP contribution in [0.1, 0.15) is 32.5 Å². The predicted molar refractivity (Wildman–Crippen MR) is 75.0 cm³/mol. The summed E-state index contributed by atoms with van der Waals surface area (Å²) in [7, 11) is 0. The first kappa shape index (κ1) is 13.0. The molecule has 2 rings (SSSR count). The third-order valence-corrected chi connectivity index (χ3v) is 4.73. The normalized spacial score (nSPS) is 23.9. The molecule has 1 atom stereocenters. The smallest absolute Gasteiger partial charge is 0.134 e. The Hall–Kier alpha value is -0.480. The van der Waals surface area contributed by atoms with E-state index in [0.717, 1.165) is 24.6 Å². The number of hydrogen-bond acceptors (Lipinski definition) is 4. The van der Waals surface area contributed by atoms with E-state index in [1.807, 2.05) is 18.7 Å². The van der Waals surface area contributed by atoms with Gasteiger partial charge in [0.2, 0.25) is 0 Å². The van der Waals surface area contributed by atoms with Crippen LogP contribution in [0.5, 0.6) is 0 Å². The second-order valence-corrected chi connectivity index (χ2v) is 6.67. The average Bonchev–Trinajstić information content (AvgIpc) is 2.73. The summed E-state index contributed by atoms with van der Waals surface area (Å²) in [6, 6.07) is 1.80. The van der Waals surface area contributed by atoms with Crippen molar-refractivity contribution in [2.75, 3.05) is 17.6 Å². The summed E-state index contributed by atoms with van der Waals surface area (Å²) >= 11 is 8.00. The van der Waals surface area contributed by atoms with Gasteiger partial charge in [-0.05, 0) is 25.5 Å². The third-order valence-electron chi connectivity index (χ3n) is 3.00. The first-order chi connectivity index (χ1) is 8.11. The van der Waals surface area contributed by atoms with Crippen molar-refractivity contribution in [3.63, 3.8) is 0 Å². The largest absolute Gasteiger partial charge is 0.369 e. The minimum Gasteiger partial charge on any atom is -0.369 e. The van der Waals surface area contributed by atoms with E-state index in [0.29, 0.717) is 9.90 Å². The van der Waals surface area contributed by atoms with Crippen molar-refractivity contribution in [3.8, 4) is 0 Å². The number of aryl methyl sites for hydroxylation is 1. The summed E-state index contributed by atoms with van der Waals surface area (Å²) in [5.74, 6) is 2.91. The number of aromatic nitrogens is 2. The van der Waals surface area contributed by atoms with Crippen LogP contribution >= 0.6 is 23.4 Å². The number of nitrogens with one attached hydrogen (secondary N) is 1. The van der Waals surface area contributed by atoms with Crippen LogP contribution in [0.2, 0.25) is 5.15 Å². The Bertz CT molecular complexity index is 391. The fourth-order valence-electron chi connectivity index (χ4n) is 1.97. The highest BCUT2D eigenvalue weighted by Crippen LogP contribution is 2.37. The van der Waals surface area contributed by atoms with Crippen molar-refractivity contribution in [2.45, 2.75) is 37.9 Å². The highest BCUT2D eigenvalue weighted by molar-refractivity contribution is 8.00. The molecule has 0 aliphatic carbocycles. The summed E-state index contributed by atoms with van der Waals surface area (Å²) in [6.07, 6.45) is 3.39. The maximum Gasteiger partial charge on any atom is 0.134 e. The lowest BCUT2D eigenvalue weighted by Crippen LogP contribution is -2.27. The summed E-state index contributed by atoms with van der Waals surface area (Å²) < 4.78 is 0.337. The lowest BCUT2D eigenvalue weighted by atomic mass is 10.1. The highest BCUT2D eigenvalue weighted by Gasteiger charge is 2.29. The Morgan fingerprint density at radius 2 is 2.35 bits per heavy atom. The number of anilines is 1. The van der Waals surface area contributed by atoms with Crippen LogP contribution in [-0.2, 0) is 6.42 Å². The van der Waals surface area contributed by atoms with Gasteiger partial charge in [0.05, 0.1) is 0 Å². The topological polar surface area (TPSA) is 37.8 Å². The molecule has 0 aromatic carbocycles. The molecule has 94 valence electrons. The van der Waals surface area contributed by atoms with E-state index in [1.54, 1.807) is 6.07 Å². The Balaban J connectivity index is 2.00. The minimum atomic E-state index is 0.337. The van der Waals surface area contributed by atoms with Gasteiger partial charge in [-0.1, -0.05) is 18.5 Å². The van der Waals surface area contributed by atoms with E-state index in [-0.39, 0.29) is 0 Å². The molecule has 1 unspecified atom stereocenters. The molecular formula is C12H18ClN3S. The fraction of sp³-hybridized carbons (Fsp3) is 0.667. The molecule has 2 heterocycles. The molecule has 1 aliphatic rings. The Morgan fingerprint density at radius 3 is 3.00 bits per heavy atom. The second-order valence-electron chi connectivity index (χ2n) is 4.60. The van der Waals surface area contributed by atoms with Crippen LogP contribution in [0.25, 0.3) is 0 Å². The average molecular weight is 272 g/mol. The van der Waals surface area contributed by atoms with E-state index in [1.165, 1.54) is 18.6 Å². The van der Waals surface area contributed by atoms with Crippen LogP contribution in [0.15, 0.2) is 6.07 Å². The van der Waals surface area contributed by atoms with Gasteiger partial charge in [0.15, 0.2) is 0 Å². The fourth-order valence-corrected chi connectivity index (χ4v) is 3.41. The van der Waals surface area contributed by atoms with Gasteiger partial charge in [0.25, 0.3) is 0 Å². The maximum atomic E-state index is 5.96. The van der Waals surface area contributed by atoms with Crippen molar-refractivity contribution < 1.29 is 0 Å². The summed E-state index contributed by atoms with van der Waals surface area (Å²) in [5.41, 5.74) is 0. The Morgan fingerprint density at radius 1 is 1.53 bits per heavy atom. The van der Waals surface area contributed by atoms with E-state index < -0.39 is 0 Å². The van der Waals surface area contributed by atoms with Crippen LogP contribution < -0.4 is 5.32 Å². The standard InChI is InChI=1S/C12H18ClN3S/c1-3-10-15-9(13)7-11(16-10)14-8-12(2)5-4-6-17-12/h7H,3-6,8H2,1-2H3,(H,14,15,16). The zero-order chi connectivity index (χ0) is 12.3. The number of halogens is 1. The van der Waals surface area contributed by atoms with Gasteiger partial charge >= 0.3 is 0 Å². The number of thioether (sulfide) groups is 1. The molecule has 1 aromatic rings. The van der Waals surface area contributed by atoms with Gasteiger partial charge < -0.3 is 5.32 Å². The van der Waals surface area contributed by atoms with Gasteiger partial charge in [-0.25, -0.2) is 9.97 Å². The first-order valence-corrected chi connectivity index (χ1v) is 7.39. The Kier molecular flexibility index (Phi) is 4.15. The molecule has 1 aliphatic heterocycles. The Labute approximate surface area is 112 Å². The number of nitrogens with zero attached hydrogens (tertiary/aromatic N) is 2. The lowest BCUT2D eigenvalue weighted by Gasteiger charge is -2.23. The number of hydrogen-bond donors (Lipinski definition) is 1. The molecule has 1 N–H and O–H groups in total. The van der Waals surface area contributed by atoms with E-state index in [4.69, 9.17) is 11.6 Å². The first-order valence-electron chi connectivity index (χ1n) is 6.02. The zero-order valence-electron chi connectivity index (χ0n) is 10.3. The molecule has 0 radical (unpaired) electrons. The van der Waals surface area contributed by atoms with Crippen molar-refractivity contribution in [2.24, 2.45) is 0 Å². The van der Waals surface area contributed by atoms with Crippen LogP contribution in [0, 0.1) is 0 Å². The van der Waals surface area contributed by atoms with Crippen molar-refractivity contribution >= 4 is 29.2 Å². The molecule has 0 saturated carbocycles. The second kappa shape index (κ2) is 5.44. The van der Waals surface area contributed by atoms with Gasteiger partial charge in [-0.3, -0.25) is 0 Å². The van der Waals surface area contributed by atoms with Gasteiger partial charge in [0, 0.05) is 23.8 Å². The third kappa shape index (κ3) is 3.49. The van der Waals surface area contributed by atoms with E-state index in [9.17, 15) is 0 Å². The van der Waals surface area contributed by atoms with E-state index >= 15 is 0 Å². The molecule has 17 heavy (non-hydrogen) atoms. The molecule has 1 fully saturated rings. The van der Waals surface area contributed by atoms with Crippen LogP contribution in [-0.4, -0.2) is 27.0 Å². The predicted octanol–water partition coefficient (Wildman–Crippen LogP) is 3.39. The molecule has 0 amide bonds. The summed E-state index contributed by atoms with van der Waals surface area (Å²) in [6.45, 7) is 5.28. The van der Waals surface area contributed by atoms with Crippen molar-refractivity contribution in [1.82, 2.24) is 9.97 Å². The minimum absolute atomic E-state index is 0.337. The van der Waals surface area contributed by atoms with Crippen molar-refractivity contribution in [3.05, 3.63) is 17.0 Å². The monoisotopic (exact) mass is 271 g/mol. The molecule has 1 saturated heterocycles. The molecule has 5 heteroatoms. The van der Waals surface area contributed by atoms with Gasteiger partial charge in [-0.15, -0.1) is 0 Å². The quantitative estimate of drug-likeness (QED) is 0.852. The lowest BCUT2D eigenvalue weighted by molar-refractivity contribution is 0.633. The summed E-state index contributed by atoms with van der Waals surface area (Å²) in [4.78, 5) is 8.59. The molecule has 3 nitrogen and oxygen atoms in total. The SMILES string of the molecule is CCc1nc(Cl)cc(NCC2(C)CCCS2)n1. The zero-order valence-corrected chi connectivity index (χ0v) is 11.9. The molecule has 0 spiro atoms. The van der Waals surface area contributed by atoms with Crippen LogP contribution in [0.4, 0.5) is 5.82 Å². The van der Waals surface area contributed by atoms with E-state index in [2.05, 4.69) is 22.2 Å². The molecule has 1 aromatic heterocycles. The maximum absolute atomic E-state index is 5.96. The number of rotatable bonds is 4. The van der Waals surface area contributed by atoms with Gasteiger partial charge in [0.1, 0.15) is 16.8 Å². The summed E-state index contributed by atoms with van der Waals surface area (Å²) in [5, 5.41) is 3.90. The molecule has 0 bridgehead atoms. The van der Waals surface area contributed by atoms with Crippen LogP contribution in [0.3, 0.4) is 0 Å². The van der Waals surface area contributed by atoms with Gasteiger partial charge in [-0.2, -0.15) is 11.8 Å². The highest BCUT2D eigenvalue weighted by atomic mass is 35.5.